The van der Waals surface area contributed by atoms with Crippen molar-refractivity contribution in [3.63, 3.8) is 0 Å². The highest BCUT2D eigenvalue weighted by molar-refractivity contribution is 5.93. The zero-order valence-corrected chi connectivity index (χ0v) is 23.1. The van der Waals surface area contributed by atoms with Crippen LogP contribution in [0.25, 0.3) is 24.3 Å². The van der Waals surface area contributed by atoms with Crippen LogP contribution in [0.4, 0.5) is 11.4 Å². The van der Waals surface area contributed by atoms with Crippen molar-refractivity contribution < 1.29 is 23.7 Å². The summed E-state index contributed by atoms with van der Waals surface area (Å²) in [6.45, 7) is 0.594. The summed E-state index contributed by atoms with van der Waals surface area (Å²) in [7, 11) is 0. The maximum Gasteiger partial charge on any atom is 0.231 e. The van der Waals surface area contributed by atoms with Gasteiger partial charge in [-0.25, -0.2) is 0 Å². The molecule has 7 rings (SSSR count). The molecular weight excluding hydrogens is 528 g/mol. The van der Waals surface area contributed by atoms with Crippen molar-refractivity contribution in [2.24, 2.45) is 5.92 Å². The van der Waals surface area contributed by atoms with Crippen LogP contribution in [0.5, 0.6) is 23.0 Å². The number of anilines is 2. The molecule has 4 aromatic rings. The van der Waals surface area contributed by atoms with Crippen LogP contribution < -0.4 is 30.0 Å². The topological polar surface area (TPSA) is 92.0 Å². The fourth-order valence-corrected chi connectivity index (χ4v) is 4.62. The summed E-state index contributed by atoms with van der Waals surface area (Å²) < 4.78 is 21.3. The highest BCUT2D eigenvalue weighted by Crippen LogP contribution is 2.34. The van der Waals surface area contributed by atoms with Gasteiger partial charge in [-0.15, -0.1) is 0 Å². The maximum atomic E-state index is 11.9. The van der Waals surface area contributed by atoms with Crippen molar-refractivity contribution in [3.8, 4) is 23.0 Å². The molecule has 4 aromatic carbocycles. The number of carbonyl (C=O) groups excluding carboxylic acids is 1. The number of nitrogen functional groups attached to an aromatic ring is 1. The van der Waals surface area contributed by atoms with Gasteiger partial charge in [-0.3, -0.25) is 4.79 Å². The molecule has 1 amide bonds. The summed E-state index contributed by atoms with van der Waals surface area (Å²) >= 11 is 0. The lowest BCUT2D eigenvalue weighted by Crippen LogP contribution is -2.27. The van der Waals surface area contributed by atoms with E-state index in [1.165, 1.54) is 6.42 Å². The molecule has 0 spiro atoms. The molecule has 42 heavy (non-hydrogen) atoms. The van der Waals surface area contributed by atoms with Crippen molar-refractivity contribution in [3.05, 3.63) is 107 Å². The molecule has 1 fully saturated rings. The largest absolute Gasteiger partial charge is 0.454 e. The summed E-state index contributed by atoms with van der Waals surface area (Å²) in [5, 5.41) is 2.98. The lowest BCUT2D eigenvalue weighted by Gasteiger charge is -2.24. The van der Waals surface area contributed by atoms with Gasteiger partial charge in [0.1, 0.15) is 0 Å². The van der Waals surface area contributed by atoms with Crippen LogP contribution in [0.2, 0.25) is 0 Å². The number of fused-ring (bicyclic) bond motifs is 2. The Balaban J connectivity index is 0.000000157. The molecule has 2 aliphatic heterocycles. The number of carbonyl (C=O) groups is 1. The number of benzene rings is 4. The third-order valence-corrected chi connectivity index (χ3v) is 7.32. The second-order valence-electron chi connectivity index (χ2n) is 10.3. The van der Waals surface area contributed by atoms with Gasteiger partial charge in [-0.2, -0.15) is 0 Å². The van der Waals surface area contributed by atoms with Crippen LogP contribution in [-0.2, 0) is 4.79 Å². The highest BCUT2D eigenvalue weighted by Gasteiger charge is 2.25. The van der Waals surface area contributed by atoms with Gasteiger partial charge in [0.2, 0.25) is 19.5 Å². The first-order chi connectivity index (χ1) is 20.6. The van der Waals surface area contributed by atoms with Crippen molar-refractivity contribution in [2.45, 2.75) is 19.3 Å². The van der Waals surface area contributed by atoms with Crippen LogP contribution in [0.3, 0.4) is 0 Å². The molecule has 0 radical (unpaired) electrons. The third-order valence-electron chi connectivity index (χ3n) is 7.32. The fourth-order valence-electron chi connectivity index (χ4n) is 4.62. The van der Waals surface area contributed by atoms with Gasteiger partial charge in [0.25, 0.3) is 0 Å². The van der Waals surface area contributed by atoms with E-state index in [2.05, 4.69) is 5.32 Å². The van der Waals surface area contributed by atoms with Crippen molar-refractivity contribution >= 4 is 41.6 Å². The number of amides is 1. The second-order valence-corrected chi connectivity index (χ2v) is 10.3. The first-order valence-electron chi connectivity index (χ1n) is 14.0. The molecule has 0 bridgehead atoms. The van der Waals surface area contributed by atoms with E-state index in [0.29, 0.717) is 6.79 Å². The molecule has 3 aliphatic rings. The Morgan fingerprint density at radius 2 is 1.07 bits per heavy atom. The van der Waals surface area contributed by atoms with Gasteiger partial charge in [-0.05, 0) is 83.6 Å². The van der Waals surface area contributed by atoms with Crippen LogP contribution in [-0.4, -0.2) is 19.5 Å². The first-order valence-corrected chi connectivity index (χ1v) is 14.0. The molecule has 7 heteroatoms. The van der Waals surface area contributed by atoms with Gasteiger partial charge >= 0.3 is 0 Å². The second kappa shape index (κ2) is 12.6. The third kappa shape index (κ3) is 6.75. The SMILES string of the molecule is Nc1ccc(/C=C/c2ccc3c(c2)OCO3)cc1.O=C(Nc1ccc(/C=C/c2ccc3c(c2)OCO3)cc1)C1CCC1. The van der Waals surface area contributed by atoms with Gasteiger partial charge in [0, 0.05) is 17.3 Å². The number of ether oxygens (including phenoxy) is 4. The molecular formula is C35H32N2O5. The Hall–Kier alpha value is -5.17. The molecule has 0 saturated heterocycles. The van der Waals surface area contributed by atoms with Crippen LogP contribution in [0.1, 0.15) is 41.5 Å². The molecule has 2 heterocycles. The summed E-state index contributed by atoms with van der Waals surface area (Å²) in [5.74, 6) is 3.53. The Kier molecular flexibility index (Phi) is 8.08. The number of rotatable bonds is 6. The van der Waals surface area contributed by atoms with Gasteiger partial charge in [0.05, 0.1) is 0 Å². The molecule has 3 N–H and O–H groups in total. The molecule has 212 valence electrons. The summed E-state index contributed by atoms with van der Waals surface area (Å²) in [5.41, 5.74) is 11.6. The highest BCUT2D eigenvalue weighted by atomic mass is 16.7. The average molecular weight is 561 g/mol. The standard InChI is InChI=1S/C20H19NO3.C15H13NO2/c22-20(16-2-1-3-16)21-17-9-6-14(7-10-17)4-5-15-8-11-18-19(12-15)24-13-23-18;16-13-6-3-11(4-7-13)1-2-12-5-8-14-15(9-12)18-10-17-14/h4-12,16H,1-3,13H2,(H,21,22);1-9H,10,16H2/b5-4+;2-1+. The number of nitrogens with one attached hydrogen (secondary N) is 1. The summed E-state index contributed by atoms with van der Waals surface area (Å²) in [6.07, 6.45) is 11.3. The lowest BCUT2D eigenvalue weighted by molar-refractivity contribution is -0.122. The van der Waals surface area contributed by atoms with E-state index < -0.39 is 0 Å². The Labute approximate surface area is 245 Å². The van der Waals surface area contributed by atoms with E-state index in [4.69, 9.17) is 24.7 Å². The van der Waals surface area contributed by atoms with E-state index >= 15 is 0 Å². The predicted molar refractivity (Wildman–Crippen MR) is 166 cm³/mol. The molecule has 0 atom stereocenters. The minimum atomic E-state index is 0.143. The van der Waals surface area contributed by atoms with Crippen LogP contribution >= 0.6 is 0 Å². The molecule has 0 unspecified atom stereocenters. The van der Waals surface area contributed by atoms with Crippen LogP contribution in [0, 0.1) is 5.92 Å². The van der Waals surface area contributed by atoms with E-state index in [1.54, 1.807) is 0 Å². The summed E-state index contributed by atoms with van der Waals surface area (Å²) in [6, 6.07) is 27.4. The zero-order valence-electron chi connectivity index (χ0n) is 23.1. The summed E-state index contributed by atoms with van der Waals surface area (Å²) in [4.78, 5) is 11.9. The zero-order chi connectivity index (χ0) is 28.7. The normalized spacial score (nSPS) is 14.9. The molecule has 0 aromatic heterocycles. The Morgan fingerprint density at radius 1 is 0.619 bits per heavy atom. The quantitative estimate of drug-likeness (QED) is 0.188. The van der Waals surface area contributed by atoms with Crippen molar-refractivity contribution in [1.29, 1.82) is 0 Å². The van der Waals surface area contributed by atoms with Gasteiger partial charge in [0.15, 0.2) is 23.0 Å². The minimum absolute atomic E-state index is 0.143. The Bertz CT molecular complexity index is 1610. The van der Waals surface area contributed by atoms with Crippen molar-refractivity contribution in [2.75, 3.05) is 24.6 Å². The number of hydrogen-bond donors (Lipinski definition) is 2. The van der Waals surface area contributed by atoms with E-state index in [0.717, 1.165) is 69.5 Å². The lowest BCUT2D eigenvalue weighted by atomic mass is 9.85. The van der Waals surface area contributed by atoms with Crippen molar-refractivity contribution in [1.82, 2.24) is 0 Å². The van der Waals surface area contributed by atoms with E-state index in [1.807, 2.05) is 109 Å². The molecule has 7 nitrogen and oxygen atoms in total. The number of hydrogen-bond acceptors (Lipinski definition) is 6. The number of nitrogens with two attached hydrogens (primary N) is 1. The maximum absolute atomic E-state index is 11.9. The van der Waals surface area contributed by atoms with E-state index in [-0.39, 0.29) is 18.6 Å². The Morgan fingerprint density at radius 3 is 1.57 bits per heavy atom. The molecule has 1 aliphatic carbocycles. The monoisotopic (exact) mass is 560 g/mol. The first kappa shape index (κ1) is 27.0. The average Bonchev–Trinajstić information content (AvgIpc) is 3.65. The van der Waals surface area contributed by atoms with Gasteiger partial charge < -0.3 is 30.0 Å². The van der Waals surface area contributed by atoms with Crippen LogP contribution in [0.15, 0.2) is 84.9 Å². The fraction of sp³-hybridized carbons (Fsp3) is 0.171. The molecule has 1 saturated carbocycles. The smallest absolute Gasteiger partial charge is 0.231 e. The van der Waals surface area contributed by atoms with E-state index in [9.17, 15) is 4.79 Å². The van der Waals surface area contributed by atoms with Gasteiger partial charge in [-0.1, -0.05) is 67.1 Å². The predicted octanol–water partition coefficient (Wildman–Crippen LogP) is 7.49. The minimum Gasteiger partial charge on any atom is -0.454 e.